The lowest BCUT2D eigenvalue weighted by Gasteiger charge is -2.37. The normalized spacial score (nSPS) is 17.1. The fourth-order valence-corrected chi connectivity index (χ4v) is 4.54. The van der Waals surface area contributed by atoms with E-state index in [1.807, 2.05) is 52.1 Å². The third kappa shape index (κ3) is 6.88. The quantitative estimate of drug-likeness (QED) is 0.608. The maximum absolute atomic E-state index is 13.4. The second-order valence-corrected chi connectivity index (χ2v) is 10.8. The summed E-state index contributed by atoms with van der Waals surface area (Å²) in [4.78, 5) is 35.9. The molecule has 0 N–H and O–H groups in total. The Bertz CT molecular complexity index is 1070. The maximum Gasteiger partial charge on any atom is 0.410 e. The van der Waals surface area contributed by atoms with Gasteiger partial charge in [-0.3, -0.25) is 4.79 Å². The number of anilines is 2. The van der Waals surface area contributed by atoms with Crippen molar-refractivity contribution in [3.63, 3.8) is 0 Å². The van der Waals surface area contributed by atoms with Crippen LogP contribution in [-0.4, -0.2) is 109 Å². The molecule has 2 saturated heterocycles. The molecule has 1 aromatic carbocycles. The number of piperazine rings is 2. The molecule has 0 bridgehead atoms. The molecule has 2 aliphatic rings. The molecule has 2 fully saturated rings. The van der Waals surface area contributed by atoms with Crippen LogP contribution >= 0.6 is 0 Å². The van der Waals surface area contributed by atoms with Crippen molar-refractivity contribution in [1.29, 1.82) is 0 Å². The summed E-state index contributed by atoms with van der Waals surface area (Å²) in [5.41, 5.74) is 1.89. The molecule has 200 valence electrons. The molecule has 1 aromatic heterocycles. The summed E-state index contributed by atoms with van der Waals surface area (Å²) in [7, 11) is 4.13. The van der Waals surface area contributed by atoms with Gasteiger partial charge in [0, 0.05) is 66.0 Å². The Morgan fingerprint density at radius 3 is 2.16 bits per heavy atom. The van der Waals surface area contributed by atoms with Gasteiger partial charge in [0.05, 0.1) is 5.69 Å². The molecular weight excluding hydrogens is 470 g/mol. The Kier molecular flexibility index (Phi) is 8.16. The zero-order chi connectivity index (χ0) is 26.6. The van der Waals surface area contributed by atoms with Gasteiger partial charge >= 0.3 is 6.09 Å². The molecule has 0 radical (unpaired) electrons. The lowest BCUT2D eigenvalue weighted by Crippen LogP contribution is -2.51. The first-order valence-electron chi connectivity index (χ1n) is 12.9. The first kappa shape index (κ1) is 26.7. The number of rotatable bonds is 5. The van der Waals surface area contributed by atoms with E-state index in [0.29, 0.717) is 38.4 Å². The number of aromatic nitrogens is 2. The van der Waals surface area contributed by atoms with Crippen molar-refractivity contribution in [2.75, 3.05) is 76.3 Å². The molecule has 0 aliphatic carbocycles. The van der Waals surface area contributed by atoms with Gasteiger partial charge in [0.25, 0.3) is 5.91 Å². The lowest BCUT2D eigenvalue weighted by atomic mass is 10.2. The zero-order valence-electron chi connectivity index (χ0n) is 22.7. The van der Waals surface area contributed by atoms with Crippen LogP contribution in [0.15, 0.2) is 36.4 Å². The molecule has 3 heterocycles. The third-order valence-electron chi connectivity index (χ3n) is 6.66. The molecule has 2 aromatic rings. The maximum atomic E-state index is 13.4. The van der Waals surface area contributed by atoms with Gasteiger partial charge in [0.1, 0.15) is 5.60 Å². The van der Waals surface area contributed by atoms with Gasteiger partial charge in [-0.25, -0.2) is 4.79 Å². The van der Waals surface area contributed by atoms with Crippen LogP contribution in [0.2, 0.25) is 0 Å². The summed E-state index contributed by atoms with van der Waals surface area (Å²) in [5.74, 6) is 0.601. The van der Waals surface area contributed by atoms with Gasteiger partial charge in [0.2, 0.25) is 0 Å². The van der Waals surface area contributed by atoms with Crippen LogP contribution in [0.3, 0.4) is 0 Å². The minimum atomic E-state index is -0.547. The minimum Gasteiger partial charge on any atom is -0.444 e. The molecule has 10 heteroatoms. The number of hydrogen-bond donors (Lipinski definition) is 0. The molecule has 2 amide bonds. The number of benzene rings is 1. The molecule has 10 nitrogen and oxygen atoms in total. The first-order chi connectivity index (χ1) is 17.6. The van der Waals surface area contributed by atoms with E-state index >= 15 is 0 Å². The topological polar surface area (TPSA) is 85.3 Å². The fraction of sp³-hybridized carbons (Fsp3) is 0.556. The van der Waals surface area contributed by atoms with E-state index in [1.165, 1.54) is 5.56 Å². The van der Waals surface area contributed by atoms with Crippen LogP contribution in [0.1, 0.15) is 36.8 Å². The van der Waals surface area contributed by atoms with Gasteiger partial charge in [0.15, 0.2) is 11.5 Å². The average Bonchev–Trinajstić information content (AvgIpc) is 2.88. The number of carbonyl (C=O) groups is 2. The molecule has 4 rings (SSSR count). The number of hydrogen-bond acceptors (Lipinski definition) is 8. The van der Waals surface area contributed by atoms with Crippen molar-refractivity contribution >= 4 is 23.5 Å². The van der Waals surface area contributed by atoms with E-state index in [-0.39, 0.29) is 12.0 Å². The number of nitrogens with zero attached hydrogens (tertiary/aromatic N) is 7. The highest BCUT2D eigenvalue weighted by molar-refractivity contribution is 5.94. The molecule has 2 aliphatic heterocycles. The van der Waals surface area contributed by atoms with Crippen LogP contribution in [0.4, 0.5) is 16.3 Å². The predicted octanol–water partition coefficient (Wildman–Crippen LogP) is 2.56. The molecule has 0 saturated carbocycles. The van der Waals surface area contributed by atoms with Crippen molar-refractivity contribution in [3.8, 4) is 0 Å². The Hall–Kier alpha value is -3.40. The van der Waals surface area contributed by atoms with Crippen molar-refractivity contribution in [2.24, 2.45) is 0 Å². The van der Waals surface area contributed by atoms with E-state index in [9.17, 15) is 9.59 Å². The SMILES string of the molecule is CN1CCN(c2cc(C(=O)N3CCN(C(=O)OC(C)(C)C)CC3)nnc2N(C)Cc2ccccc2)CC1. The molecule has 0 unspecified atom stereocenters. The highest BCUT2D eigenvalue weighted by Crippen LogP contribution is 2.29. The second kappa shape index (κ2) is 11.3. The fourth-order valence-electron chi connectivity index (χ4n) is 4.54. The zero-order valence-corrected chi connectivity index (χ0v) is 22.7. The van der Waals surface area contributed by atoms with Gasteiger partial charge < -0.3 is 29.2 Å². The number of amides is 2. The lowest BCUT2D eigenvalue weighted by molar-refractivity contribution is 0.0140. The van der Waals surface area contributed by atoms with Gasteiger partial charge in [-0.1, -0.05) is 30.3 Å². The van der Waals surface area contributed by atoms with E-state index in [4.69, 9.17) is 4.74 Å². The van der Waals surface area contributed by atoms with Crippen molar-refractivity contribution in [3.05, 3.63) is 47.7 Å². The Morgan fingerprint density at radius 2 is 1.54 bits per heavy atom. The van der Waals surface area contributed by atoms with Gasteiger partial charge in [-0.2, -0.15) is 0 Å². The van der Waals surface area contributed by atoms with Crippen molar-refractivity contribution in [1.82, 2.24) is 24.9 Å². The Balaban J connectivity index is 1.50. The van der Waals surface area contributed by atoms with Crippen LogP contribution < -0.4 is 9.80 Å². The second-order valence-electron chi connectivity index (χ2n) is 10.8. The first-order valence-corrected chi connectivity index (χ1v) is 12.9. The van der Waals surface area contributed by atoms with E-state index in [2.05, 4.69) is 44.1 Å². The Labute approximate surface area is 219 Å². The number of likely N-dealkylation sites (N-methyl/N-ethyl adjacent to an activating group) is 1. The Morgan fingerprint density at radius 1 is 0.919 bits per heavy atom. The molecular formula is C27H39N7O3. The minimum absolute atomic E-state index is 0.163. The number of ether oxygens (including phenoxy) is 1. The van der Waals surface area contributed by atoms with Crippen LogP contribution in [0.25, 0.3) is 0 Å². The van der Waals surface area contributed by atoms with Gasteiger partial charge in [-0.05, 0) is 39.4 Å². The van der Waals surface area contributed by atoms with Crippen molar-refractivity contribution in [2.45, 2.75) is 32.9 Å². The van der Waals surface area contributed by atoms with E-state index < -0.39 is 5.60 Å². The molecule has 0 spiro atoms. The smallest absolute Gasteiger partial charge is 0.410 e. The highest BCUT2D eigenvalue weighted by Gasteiger charge is 2.30. The standard InChI is InChI=1S/C27H39N7O3/c1-27(2,3)37-26(36)34-17-15-33(16-18-34)25(35)22-19-23(32-13-11-30(4)12-14-32)24(29-28-22)31(5)20-21-9-7-6-8-10-21/h6-10,19H,11-18,20H2,1-5H3. The summed E-state index contributed by atoms with van der Waals surface area (Å²) >= 11 is 0. The molecule has 37 heavy (non-hydrogen) atoms. The largest absolute Gasteiger partial charge is 0.444 e. The highest BCUT2D eigenvalue weighted by atomic mass is 16.6. The summed E-state index contributed by atoms with van der Waals surface area (Å²) in [6, 6.07) is 12.1. The average molecular weight is 510 g/mol. The predicted molar refractivity (Wildman–Crippen MR) is 144 cm³/mol. The summed E-state index contributed by atoms with van der Waals surface area (Å²) in [6.45, 7) is 11.6. The van der Waals surface area contributed by atoms with Gasteiger partial charge in [-0.15, -0.1) is 10.2 Å². The van der Waals surface area contributed by atoms with Crippen molar-refractivity contribution < 1.29 is 14.3 Å². The van der Waals surface area contributed by atoms with Crippen LogP contribution in [-0.2, 0) is 11.3 Å². The van der Waals surface area contributed by atoms with Crippen LogP contribution in [0.5, 0.6) is 0 Å². The molecule has 0 atom stereocenters. The summed E-state index contributed by atoms with van der Waals surface area (Å²) in [6.07, 6.45) is -0.345. The van der Waals surface area contributed by atoms with Crippen LogP contribution in [0, 0.1) is 0 Å². The third-order valence-corrected chi connectivity index (χ3v) is 6.66. The number of carbonyl (C=O) groups excluding carboxylic acids is 2. The summed E-state index contributed by atoms with van der Waals surface area (Å²) in [5, 5.41) is 8.92. The van der Waals surface area contributed by atoms with E-state index in [0.717, 1.165) is 37.7 Å². The van der Waals surface area contributed by atoms with E-state index in [1.54, 1.807) is 9.80 Å². The monoisotopic (exact) mass is 509 g/mol. The summed E-state index contributed by atoms with van der Waals surface area (Å²) < 4.78 is 5.47.